The van der Waals surface area contributed by atoms with Gasteiger partial charge in [0, 0.05) is 5.54 Å². The van der Waals surface area contributed by atoms with E-state index in [0.717, 1.165) is 38.5 Å². The summed E-state index contributed by atoms with van der Waals surface area (Å²) in [5, 5.41) is 2.30. The zero-order valence-corrected chi connectivity index (χ0v) is 9.52. The summed E-state index contributed by atoms with van der Waals surface area (Å²) in [6, 6.07) is 0. The molecule has 1 amide bonds. The summed E-state index contributed by atoms with van der Waals surface area (Å²) in [5.74, 6) is -0.140. The summed E-state index contributed by atoms with van der Waals surface area (Å²) in [4.78, 5) is 11.1. The highest BCUT2D eigenvalue weighted by Gasteiger charge is 2.53. The zero-order valence-electron chi connectivity index (χ0n) is 9.52. The smallest absolute Gasteiger partial charge is 0.343 e. The summed E-state index contributed by atoms with van der Waals surface area (Å²) >= 11 is 0. The molecule has 0 spiro atoms. The molecule has 0 radical (unpaired) electrons. The molecule has 0 aromatic rings. The molecule has 0 heterocycles. The molecule has 4 saturated carbocycles. The number of carbonyl (C=O) groups excluding carboxylic acids is 1. The standard InChI is InChI=1S/C12H16F3NO/c13-12(14,15)10(17)16-11-4-7-1-8(5-11)3-9(2-7)6-11/h7-9H,1-6H2,(H,16,17). The number of amides is 1. The lowest BCUT2D eigenvalue weighted by molar-refractivity contribution is -0.178. The van der Waals surface area contributed by atoms with Crippen molar-refractivity contribution in [3.05, 3.63) is 0 Å². The minimum atomic E-state index is -4.75. The van der Waals surface area contributed by atoms with Gasteiger partial charge in [-0.1, -0.05) is 0 Å². The van der Waals surface area contributed by atoms with Gasteiger partial charge >= 0.3 is 12.1 Å². The van der Waals surface area contributed by atoms with Crippen LogP contribution in [0.25, 0.3) is 0 Å². The van der Waals surface area contributed by atoms with E-state index in [2.05, 4.69) is 5.32 Å². The van der Waals surface area contributed by atoms with Crippen LogP contribution in [0.2, 0.25) is 0 Å². The molecule has 0 atom stereocenters. The summed E-state index contributed by atoms with van der Waals surface area (Å²) in [7, 11) is 0. The Hall–Kier alpha value is -0.740. The average molecular weight is 247 g/mol. The van der Waals surface area contributed by atoms with Crippen molar-refractivity contribution in [2.75, 3.05) is 0 Å². The molecule has 0 saturated heterocycles. The number of halogens is 3. The van der Waals surface area contributed by atoms with Crippen molar-refractivity contribution in [3.63, 3.8) is 0 Å². The average Bonchev–Trinajstić information content (AvgIpc) is 2.12. The van der Waals surface area contributed by atoms with Gasteiger partial charge in [-0.25, -0.2) is 0 Å². The highest BCUT2D eigenvalue weighted by atomic mass is 19.4. The van der Waals surface area contributed by atoms with E-state index in [1.54, 1.807) is 0 Å². The minimum absolute atomic E-state index is 0.537. The van der Waals surface area contributed by atoms with Crippen LogP contribution in [-0.4, -0.2) is 17.6 Å². The second-order valence-corrected chi connectivity index (χ2v) is 6.15. The first-order valence-corrected chi connectivity index (χ1v) is 6.26. The number of hydrogen-bond acceptors (Lipinski definition) is 1. The van der Waals surface area contributed by atoms with Crippen molar-refractivity contribution in [2.45, 2.75) is 50.2 Å². The lowest BCUT2D eigenvalue weighted by Crippen LogP contribution is -2.61. The lowest BCUT2D eigenvalue weighted by Gasteiger charge is -2.56. The summed E-state index contributed by atoms with van der Waals surface area (Å²) < 4.78 is 37.0. The van der Waals surface area contributed by atoms with E-state index < -0.39 is 17.6 Å². The van der Waals surface area contributed by atoms with Crippen LogP contribution in [0, 0.1) is 17.8 Å². The number of rotatable bonds is 1. The van der Waals surface area contributed by atoms with Crippen LogP contribution in [0.15, 0.2) is 0 Å². The Kier molecular flexibility index (Phi) is 2.26. The molecule has 0 unspecified atom stereocenters. The van der Waals surface area contributed by atoms with Crippen LogP contribution >= 0.6 is 0 Å². The first-order valence-electron chi connectivity index (χ1n) is 6.26. The molecule has 1 N–H and O–H groups in total. The fraction of sp³-hybridized carbons (Fsp3) is 0.917. The van der Waals surface area contributed by atoms with Gasteiger partial charge < -0.3 is 5.32 Å². The number of hydrogen-bond donors (Lipinski definition) is 1. The molecule has 4 aliphatic rings. The van der Waals surface area contributed by atoms with Crippen molar-refractivity contribution < 1.29 is 18.0 Å². The van der Waals surface area contributed by atoms with Crippen LogP contribution < -0.4 is 5.32 Å². The molecule has 0 aliphatic heterocycles. The van der Waals surface area contributed by atoms with Gasteiger partial charge in [-0.2, -0.15) is 13.2 Å². The molecule has 17 heavy (non-hydrogen) atoms. The van der Waals surface area contributed by atoms with Gasteiger partial charge in [0.15, 0.2) is 0 Å². The quantitative estimate of drug-likeness (QED) is 0.758. The van der Waals surface area contributed by atoms with Crippen molar-refractivity contribution in [2.24, 2.45) is 17.8 Å². The minimum Gasteiger partial charge on any atom is -0.343 e. The molecule has 0 aromatic carbocycles. The van der Waals surface area contributed by atoms with Gasteiger partial charge in [0.1, 0.15) is 0 Å². The SMILES string of the molecule is O=C(NC12CC3CC(CC(C3)C1)C2)C(F)(F)F. The van der Waals surface area contributed by atoms with Crippen molar-refractivity contribution >= 4 is 5.91 Å². The Labute approximate surface area is 97.9 Å². The second kappa shape index (κ2) is 3.39. The topological polar surface area (TPSA) is 29.1 Å². The zero-order chi connectivity index (χ0) is 12.3. The molecule has 4 aliphatic carbocycles. The molecule has 4 bridgehead atoms. The fourth-order valence-electron chi connectivity index (χ4n) is 4.58. The number of carbonyl (C=O) groups is 1. The maximum absolute atomic E-state index is 12.3. The van der Waals surface area contributed by atoms with Crippen molar-refractivity contribution in [1.29, 1.82) is 0 Å². The van der Waals surface area contributed by atoms with Crippen LogP contribution in [0.4, 0.5) is 13.2 Å². The highest BCUT2D eigenvalue weighted by Crippen LogP contribution is 2.55. The molecule has 96 valence electrons. The van der Waals surface area contributed by atoms with Crippen LogP contribution in [-0.2, 0) is 4.79 Å². The summed E-state index contributed by atoms with van der Waals surface area (Å²) in [5.41, 5.74) is -0.540. The predicted octanol–water partition coefficient (Wildman–Crippen LogP) is 2.63. The number of nitrogens with one attached hydrogen (secondary N) is 1. The Morgan fingerprint density at radius 1 is 1.00 bits per heavy atom. The van der Waals surface area contributed by atoms with E-state index in [0.29, 0.717) is 17.8 Å². The van der Waals surface area contributed by atoms with Crippen LogP contribution in [0.3, 0.4) is 0 Å². The predicted molar refractivity (Wildman–Crippen MR) is 55.1 cm³/mol. The van der Waals surface area contributed by atoms with Crippen LogP contribution in [0.1, 0.15) is 38.5 Å². The summed E-state index contributed by atoms with van der Waals surface area (Å²) in [6.07, 6.45) is 0.967. The third-order valence-corrected chi connectivity index (χ3v) is 4.67. The molecular weight excluding hydrogens is 231 g/mol. The van der Waals surface area contributed by atoms with Crippen LogP contribution in [0.5, 0.6) is 0 Å². The van der Waals surface area contributed by atoms with Crippen molar-refractivity contribution in [3.8, 4) is 0 Å². The second-order valence-electron chi connectivity index (χ2n) is 6.15. The van der Waals surface area contributed by atoms with E-state index in [-0.39, 0.29) is 0 Å². The van der Waals surface area contributed by atoms with E-state index in [1.807, 2.05) is 0 Å². The van der Waals surface area contributed by atoms with E-state index in [9.17, 15) is 18.0 Å². The molecule has 5 heteroatoms. The largest absolute Gasteiger partial charge is 0.471 e. The van der Waals surface area contributed by atoms with Gasteiger partial charge in [0.2, 0.25) is 0 Å². The van der Waals surface area contributed by atoms with Gasteiger partial charge in [-0.3, -0.25) is 4.79 Å². The Bertz CT molecular complexity index is 315. The maximum atomic E-state index is 12.3. The van der Waals surface area contributed by atoms with Gasteiger partial charge in [0.05, 0.1) is 0 Å². The monoisotopic (exact) mass is 247 g/mol. The molecule has 4 fully saturated rings. The van der Waals surface area contributed by atoms with Gasteiger partial charge in [0.25, 0.3) is 0 Å². The van der Waals surface area contributed by atoms with E-state index in [1.165, 1.54) is 0 Å². The van der Waals surface area contributed by atoms with Crippen molar-refractivity contribution in [1.82, 2.24) is 5.32 Å². The summed E-state index contributed by atoms with van der Waals surface area (Å²) in [6.45, 7) is 0. The molecule has 0 aromatic heterocycles. The van der Waals surface area contributed by atoms with E-state index in [4.69, 9.17) is 0 Å². The Balaban J connectivity index is 1.76. The Morgan fingerprint density at radius 2 is 1.41 bits per heavy atom. The molecule has 2 nitrogen and oxygen atoms in total. The third-order valence-electron chi connectivity index (χ3n) is 4.67. The van der Waals surface area contributed by atoms with Gasteiger partial charge in [-0.05, 0) is 56.3 Å². The first-order chi connectivity index (χ1) is 7.86. The fourth-order valence-corrected chi connectivity index (χ4v) is 4.58. The molecule has 4 rings (SSSR count). The maximum Gasteiger partial charge on any atom is 0.471 e. The third kappa shape index (κ3) is 1.93. The van der Waals surface area contributed by atoms with E-state index >= 15 is 0 Å². The lowest BCUT2D eigenvalue weighted by atomic mass is 9.53. The molecular formula is C12H16F3NO. The number of alkyl halides is 3. The highest BCUT2D eigenvalue weighted by molar-refractivity contribution is 5.82. The Morgan fingerprint density at radius 3 is 1.76 bits per heavy atom. The normalized spacial score (nSPS) is 43.8. The van der Waals surface area contributed by atoms with Gasteiger partial charge in [-0.15, -0.1) is 0 Å². The first kappa shape index (κ1) is 11.4.